The summed E-state index contributed by atoms with van der Waals surface area (Å²) in [6, 6.07) is 7.78. The Bertz CT molecular complexity index is 580. The first-order valence-corrected chi connectivity index (χ1v) is 6.96. The third-order valence-corrected chi connectivity index (χ3v) is 3.89. The molecule has 0 aliphatic carbocycles. The van der Waals surface area contributed by atoms with E-state index in [0.717, 1.165) is 16.4 Å². The van der Waals surface area contributed by atoms with Crippen molar-refractivity contribution in [1.29, 1.82) is 0 Å². The average Bonchev–Trinajstić information content (AvgIpc) is 2.75. The van der Waals surface area contributed by atoms with E-state index in [-0.39, 0.29) is 11.2 Å². The zero-order chi connectivity index (χ0) is 13.8. The van der Waals surface area contributed by atoms with Crippen molar-refractivity contribution in [2.45, 2.75) is 24.3 Å². The van der Waals surface area contributed by atoms with E-state index in [1.54, 1.807) is 6.20 Å². The van der Waals surface area contributed by atoms with E-state index in [1.807, 2.05) is 55.9 Å². The first kappa shape index (κ1) is 13.7. The van der Waals surface area contributed by atoms with Crippen LogP contribution in [0.5, 0.6) is 0 Å². The molecular formula is C14H17N3OS. The van der Waals surface area contributed by atoms with Gasteiger partial charge in [-0.15, -0.1) is 0 Å². The maximum Gasteiger partial charge on any atom is 0.237 e. The van der Waals surface area contributed by atoms with Gasteiger partial charge in [-0.3, -0.25) is 4.79 Å². The average molecular weight is 275 g/mol. The Morgan fingerprint density at radius 1 is 1.47 bits per heavy atom. The number of aromatic nitrogens is 2. The molecule has 0 saturated heterocycles. The Labute approximate surface area is 117 Å². The highest BCUT2D eigenvalue weighted by atomic mass is 32.2. The summed E-state index contributed by atoms with van der Waals surface area (Å²) in [5, 5.41) is 3.56. The molecule has 2 aromatic rings. The van der Waals surface area contributed by atoms with Gasteiger partial charge in [0, 0.05) is 25.1 Å². The van der Waals surface area contributed by atoms with Crippen LogP contribution in [0, 0.1) is 6.92 Å². The lowest BCUT2D eigenvalue weighted by molar-refractivity contribution is -0.115. The summed E-state index contributed by atoms with van der Waals surface area (Å²) in [6.07, 6.45) is 3.60. The summed E-state index contributed by atoms with van der Waals surface area (Å²) in [5.41, 5.74) is 1.96. The van der Waals surface area contributed by atoms with Crippen LogP contribution in [0.3, 0.4) is 0 Å². The highest BCUT2D eigenvalue weighted by Crippen LogP contribution is 2.22. The molecule has 1 aromatic heterocycles. The van der Waals surface area contributed by atoms with E-state index >= 15 is 0 Å². The van der Waals surface area contributed by atoms with Crippen molar-refractivity contribution in [1.82, 2.24) is 9.55 Å². The van der Waals surface area contributed by atoms with Crippen molar-refractivity contribution >= 4 is 23.4 Å². The van der Waals surface area contributed by atoms with E-state index in [9.17, 15) is 4.79 Å². The highest BCUT2D eigenvalue weighted by molar-refractivity contribution is 8.00. The summed E-state index contributed by atoms with van der Waals surface area (Å²) >= 11 is 1.45. The second-order valence-corrected chi connectivity index (χ2v) is 5.75. The molecule has 0 aliphatic rings. The zero-order valence-electron chi connectivity index (χ0n) is 11.3. The van der Waals surface area contributed by atoms with Crippen LogP contribution in [-0.4, -0.2) is 20.7 Å². The Morgan fingerprint density at radius 2 is 2.26 bits per heavy atom. The molecule has 0 radical (unpaired) electrons. The molecule has 0 saturated carbocycles. The molecule has 100 valence electrons. The summed E-state index contributed by atoms with van der Waals surface area (Å²) in [4.78, 5) is 16.3. The van der Waals surface area contributed by atoms with Gasteiger partial charge in [0.25, 0.3) is 0 Å². The maximum atomic E-state index is 12.1. The highest BCUT2D eigenvalue weighted by Gasteiger charge is 2.16. The molecule has 4 nitrogen and oxygen atoms in total. The van der Waals surface area contributed by atoms with Crippen LogP contribution in [0.25, 0.3) is 0 Å². The van der Waals surface area contributed by atoms with E-state index in [0.29, 0.717) is 0 Å². The number of carbonyl (C=O) groups excluding carboxylic acids is 1. The summed E-state index contributed by atoms with van der Waals surface area (Å²) in [6.45, 7) is 3.88. The number of benzene rings is 1. The van der Waals surface area contributed by atoms with Gasteiger partial charge in [-0.2, -0.15) is 0 Å². The molecule has 0 unspecified atom stereocenters. The number of rotatable bonds is 4. The molecule has 0 fully saturated rings. The normalized spacial score (nSPS) is 12.2. The van der Waals surface area contributed by atoms with Crippen LogP contribution < -0.4 is 5.32 Å². The van der Waals surface area contributed by atoms with E-state index in [2.05, 4.69) is 10.3 Å². The van der Waals surface area contributed by atoms with Crippen LogP contribution in [0.4, 0.5) is 5.69 Å². The summed E-state index contributed by atoms with van der Waals surface area (Å²) in [5.74, 6) is -0.0152. The third kappa shape index (κ3) is 3.61. The van der Waals surface area contributed by atoms with Crippen LogP contribution in [0.15, 0.2) is 41.8 Å². The minimum atomic E-state index is -0.193. The second-order valence-electron chi connectivity index (χ2n) is 4.44. The lowest BCUT2D eigenvalue weighted by Crippen LogP contribution is -2.22. The SMILES string of the molecule is Cc1cccc(NC(=O)[C@H](C)Sc2nccn2C)c1. The van der Waals surface area contributed by atoms with Gasteiger partial charge in [0.2, 0.25) is 5.91 Å². The first-order chi connectivity index (χ1) is 9.06. The van der Waals surface area contributed by atoms with Crippen molar-refractivity contribution < 1.29 is 4.79 Å². The van der Waals surface area contributed by atoms with Crippen molar-refractivity contribution in [3.63, 3.8) is 0 Å². The smallest absolute Gasteiger partial charge is 0.237 e. The number of nitrogens with zero attached hydrogens (tertiary/aromatic N) is 2. The number of carbonyl (C=O) groups is 1. The Balaban J connectivity index is 1.98. The topological polar surface area (TPSA) is 46.9 Å². The maximum absolute atomic E-state index is 12.1. The van der Waals surface area contributed by atoms with E-state index in [4.69, 9.17) is 0 Å². The summed E-state index contributed by atoms with van der Waals surface area (Å²) in [7, 11) is 1.92. The molecule has 0 aliphatic heterocycles. The molecule has 1 N–H and O–H groups in total. The minimum absolute atomic E-state index is 0.0152. The lowest BCUT2D eigenvalue weighted by atomic mass is 10.2. The van der Waals surface area contributed by atoms with Crippen molar-refractivity contribution in [2.24, 2.45) is 7.05 Å². The molecule has 1 atom stereocenters. The predicted octanol–water partition coefficient (Wildman–Crippen LogP) is 2.85. The molecular weight excluding hydrogens is 258 g/mol. The molecule has 1 heterocycles. The number of aryl methyl sites for hydroxylation is 2. The van der Waals surface area contributed by atoms with Gasteiger partial charge in [0.05, 0.1) is 5.25 Å². The van der Waals surface area contributed by atoms with Crippen LogP contribution in [-0.2, 0) is 11.8 Å². The van der Waals surface area contributed by atoms with Gasteiger partial charge < -0.3 is 9.88 Å². The second kappa shape index (κ2) is 5.93. The number of amides is 1. The Morgan fingerprint density at radius 3 is 2.89 bits per heavy atom. The number of thioether (sulfide) groups is 1. The van der Waals surface area contributed by atoms with Gasteiger partial charge in [0.1, 0.15) is 0 Å². The minimum Gasteiger partial charge on any atom is -0.329 e. The molecule has 0 bridgehead atoms. The fraction of sp³-hybridized carbons (Fsp3) is 0.286. The summed E-state index contributed by atoms with van der Waals surface area (Å²) < 4.78 is 1.90. The third-order valence-electron chi connectivity index (χ3n) is 2.71. The zero-order valence-corrected chi connectivity index (χ0v) is 12.1. The number of imidazole rings is 1. The fourth-order valence-corrected chi connectivity index (χ4v) is 2.47. The van der Waals surface area contributed by atoms with Crippen molar-refractivity contribution in [3.8, 4) is 0 Å². The van der Waals surface area contributed by atoms with Gasteiger partial charge >= 0.3 is 0 Å². The number of hydrogen-bond acceptors (Lipinski definition) is 3. The molecule has 0 spiro atoms. The lowest BCUT2D eigenvalue weighted by Gasteiger charge is -2.12. The van der Waals surface area contributed by atoms with E-state index in [1.165, 1.54) is 11.8 Å². The molecule has 2 rings (SSSR count). The Hall–Kier alpha value is -1.75. The quantitative estimate of drug-likeness (QED) is 0.873. The van der Waals surface area contributed by atoms with Gasteiger partial charge in [-0.25, -0.2) is 4.98 Å². The monoisotopic (exact) mass is 275 g/mol. The van der Waals surface area contributed by atoms with Gasteiger partial charge in [0.15, 0.2) is 5.16 Å². The Kier molecular flexibility index (Phi) is 4.27. The van der Waals surface area contributed by atoms with Crippen LogP contribution in [0.1, 0.15) is 12.5 Å². The number of nitrogens with one attached hydrogen (secondary N) is 1. The largest absolute Gasteiger partial charge is 0.329 e. The fourth-order valence-electron chi connectivity index (χ4n) is 1.64. The molecule has 1 aromatic carbocycles. The standard InChI is InChI=1S/C14H17N3OS/c1-10-5-4-6-12(9-10)16-13(18)11(2)19-14-15-7-8-17(14)3/h4-9,11H,1-3H3,(H,16,18)/t11-/m0/s1. The van der Waals surface area contributed by atoms with Crippen molar-refractivity contribution in [2.75, 3.05) is 5.32 Å². The number of hydrogen-bond donors (Lipinski definition) is 1. The van der Waals surface area contributed by atoms with Crippen LogP contribution >= 0.6 is 11.8 Å². The predicted molar refractivity (Wildman–Crippen MR) is 78.3 cm³/mol. The molecule has 19 heavy (non-hydrogen) atoms. The van der Waals surface area contributed by atoms with Crippen LogP contribution in [0.2, 0.25) is 0 Å². The first-order valence-electron chi connectivity index (χ1n) is 6.08. The van der Waals surface area contributed by atoms with Gasteiger partial charge in [-0.05, 0) is 31.5 Å². The van der Waals surface area contributed by atoms with Gasteiger partial charge in [-0.1, -0.05) is 23.9 Å². The van der Waals surface area contributed by atoms with Crippen molar-refractivity contribution in [3.05, 3.63) is 42.2 Å². The molecule has 5 heteroatoms. The number of anilines is 1. The van der Waals surface area contributed by atoms with E-state index < -0.39 is 0 Å². The molecule has 1 amide bonds.